The zero-order chi connectivity index (χ0) is 12.3. The lowest BCUT2D eigenvalue weighted by Crippen LogP contribution is -2.10. The fraction of sp³-hybridized carbons (Fsp3) is 0.143. The van der Waals surface area contributed by atoms with E-state index in [4.69, 9.17) is 4.74 Å². The Morgan fingerprint density at radius 2 is 2.00 bits per heavy atom. The maximum atomic E-state index is 11.9. The molecule has 1 aromatic heterocycles. The lowest BCUT2D eigenvalue weighted by atomic mass is 10.0. The molecule has 0 unspecified atom stereocenters. The van der Waals surface area contributed by atoms with Gasteiger partial charge in [0, 0.05) is 6.20 Å². The van der Waals surface area contributed by atoms with Gasteiger partial charge >= 0.3 is 5.97 Å². The van der Waals surface area contributed by atoms with E-state index in [0.717, 1.165) is 11.1 Å². The highest BCUT2D eigenvalue weighted by molar-refractivity contribution is 5.92. The molecule has 0 amide bonds. The standard InChI is InChI=1S/C14H13NO2/c1-10-5-3-7-13(11(10)2)14(16)17-12-6-4-8-15-9-12/h3-9H,1-2H3. The summed E-state index contributed by atoms with van der Waals surface area (Å²) < 4.78 is 5.23. The van der Waals surface area contributed by atoms with E-state index in [1.807, 2.05) is 26.0 Å². The fourth-order valence-electron chi connectivity index (χ4n) is 1.54. The molecule has 1 heterocycles. The number of aryl methyl sites for hydroxylation is 1. The Labute approximate surface area is 100 Å². The van der Waals surface area contributed by atoms with Gasteiger partial charge in [-0.15, -0.1) is 0 Å². The van der Waals surface area contributed by atoms with Crippen LogP contribution in [0.1, 0.15) is 21.5 Å². The Morgan fingerprint density at radius 1 is 1.18 bits per heavy atom. The average Bonchev–Trinajstić information content (AvgIpc) is 2.34. The summed E-state index contributed by atoms with van der Waals surface area (Å²) in [6.07, 6.45) is 3.15. The molecule has 2 rings (SSSR count). The molecule has 0 atom stereocenters. The van der Waals surface area contributed by atoms with Crippen LogP contribution in [0.4, 0.5) is 0 Å². The van der Waals surface area contributed by atoms with Gasteiger partial charge in [0.2, 0.25) is 0 Å². The maximum Gasteiger partial charge on any atom is 0.343 e. The number of carbonyl (C=O) groups is 1. The first-order chi connectivity index (χ1) is 8.18. The molecule has 0 aliphatic rings. The van der Waals surface area contributed by atoms with Gasteiger partial charge in [0.25, 0.3) is 0 Å². The van der Waals surface area contributed by atoms with E-state index in [9.17, 15) is 4.79 Å². The second-order valence-corrected chi connectivity index (χ2v) is 3.83. The summed E-state index contributed by atoms with van der Waals surface area (Å²) in [7, 11) is 0. The highest BCUT2D eigenvalue weighted by Crippen LogP contribution is 2.16. The molecule has 0 saturated carbocycles. The average molecular weight is 227 g/mol. The van der Waals surface area contributed by atoms with Gasteiger partial charge in [0.1, 0.15) is 5.75 Å². The zero-order valence-corrected chi connectivity index (χ0v) is 9.81. The molecule has 0 saturated heterocycles. The number of nitrogens with zero attached hydrogens (tertiary/aromatic N) is 1. The molecule has 17 heavy (non-hydrogen) atoms. The van der Waals surface area contributed by atoms with E-state index >= 15 is 0 Å². The van der Waals surface area contributed by atoms with Crippen LogP contribution in [0.2, 0.25) is 0 Å². The van der Waals surface area contributed by atoms with E-state index in [1.165, 1.54) is 6.20 Å². The van der Waals surface area contributed by atoms with Crippen molar-refractivity contribution in [2.75, 3.05) is 0 Å². The number of hydrogen-bond donors (Lipinski definition) is 0. The molecule has 0 aliphatic heterocycles. The number of rotatable bonds is 2. The van der Waals surface area contributed by atoms with Gasteiger partial charge in [-0.3, -0.25) is 4.98 Å². The van der Waals surface area contributed by atoms with Crippen LogP contribution in [0.15, 0.2) is 42.7 Å². The Morgan fingerprint density at radius 3 is 2.71 bits per heavy atom. The first kappa shape index (κ1) is 11.3. The molecular formula is C14H13NO2. The van der Waals surface area contributed by atoms with Crippen molar-refractivity contribution in [1.29, 1.82) is 0 Å². The topological polar surface area (TPSA) is 39.2 Å². The lowest BCUT2D eigenvalue weighted by molar-refractivity contribution is 0.0733. The molecule has 0 aliphatic carbocycles. The smallest absolute Gasteiger partial charge is 0.343 e. The molecule has 0 spiro atoms. The van der Waals surface area contributed by atoms with Crippen LogP contribution < -0.4 is 4.74 Å². The van der Waals surface area contributed by atoms with Crippen molar-refractivity contribution < 1.29 is 9.53 Å². The Hall–Kier alpha value is -2.16. The molecule has 0 fully saturated rings. The fourth-order valence-corrected chi connectivity index (χ4v) is 1.54. The summed E-state index contributed by atoms with van der Waals surface area (Å²) in [5.41, 5.74) is 2.61. The zero-order valence-electron chi connectivity index (χ0n) is 9.81. The van der Waals surface area contributed by atoms with Gasteiger partial charge in [0.15, 0.2) is 0 Å². The van der Waals surface area contributed by atoms with Gasteiger partial charge in [-0.2, -0.15) is 0 Å². The monoisotopic (exact) mass is 227 g/mol. The van der Waals surface area contributed by atoms with Crippen LogP contribution >= 0.6 is 0 Å². The summed E-state index contributed by atoms with van der Waals surface area (Å²) in [5, 5.41) is 0. The largest absolute Gasteiger partial charge is 0.421 e. The number of ether oxygens (including phenoxy) is 1. The predicted octanol–water partition coefficient (Wildman–Crippen LogP) is 2.92. The molecule has 1 aromatic carbocycles. The van der Waals surface area contributed by atoms with E-state index in [0.29, 0.717) is 11.3 Å². The normalized spacial score (nSPS) is 10.0. The number of hydrogen-bond acceptors (Lipinski definition) is 3. The van der Waals surface area contributed by atoms with Crippen LogP contribution in [0.5, 0.6) is 5.75 Å². The third-order valence-corrected chi connectivity index (χ3v) is 2.67. The third kappa shape index (κ3) is 2.50. The van der Waals surface area contributed by atoms with Crippen molar-refractivity contribution in [2.45, 2.75) is 13.8 Å². The molecule has 0 N–H and O–H groups in total. The minimum atomic E-state index is -0.348. The predicted molar refractivity (Wildman–Crippen MR) is 65.1 cm³/mol. The first-order valence-electron chi connectivity index (χ1n) is 5.37. The first-order valence-corrected chi connectivity index (χ1v) is 5.37. The summed E-state index contributed by atoms with van der Waals surface area (Å²) in [6.45, 7) is 3.88. The third-order valence-electron chi connectivity index (χ3n) is 2.67. The van der Waals surface area contributed by atoms with Crippen LogP contribution in [0.3, 0.4) is 0 Å². The quantitative estimate of drug-likeness (QED) is 0.740. The Balaban J connectivity index is 2.24. The van der Waals surface area contributed by atoms with Crippen molar-refractivity contribution in [3.8, 4) is 5.75 Å². The molecule has 0 radical (unpaired) electrons. The molecule has 86 valence electrons. The van der Waals surface area contributed by atoms with Crippen molar-refractivity contribution in [1.82, 2.24) is 4.98 Å². The summed E-state index contributed by atoms with van der Waals surface area (Å²) in [6, 6.07) is 9.02. The minimum Gasteiger partial charge on any atom is -0.421 e. The van der Waals surface area contributed by atoms with Crippen LogP contribution in [-0.4, -0.2) is 11.0 Å². The number of esters is 1. The second kappa shape index (κ2) is 4.78. The van der Waals surface area contributed by atoms with Gasteiger partial charge in [-0.1, -0.05) is 12.1 Å². The van der Waals surface area contributed by atoms with Crippen LogP contribution in [0, 0.1) is 13.8 Å². The van der Waals surface area contributed by atoms with E-state index in [2.05, 4.69) is 4.98 Å². The van der Waals surface area contributed by atoms with Gasteiger partial charge in [0.05, 0.1) is 11.8 Å². The van der Waals surface area contributed by atoms with Crippen molar-refractivity contribution >= 4 is 5.97 Å². The van der Waals surface area contributed by atoms with Gasteiger partial charge in [-0.05, 0) is 43.2 Å². The molecular weight excluding hydrogens is 214 g/mol. The summed E-state index contributed by atoms with van der Waals surface area (Å²) >= 11 is 0. The van der Waals surface area contributed by atoms with E-state index < -0.39 is 0 Å². The summed E-state index contributed by atoms with van der Waals surface area (Å²) in [5.74, 6) is 0.109. The lowest BCUT2D eigenvalue weighted by Gasteiger charge is -2.08. The summed E-state index contributed by atoms with van der Waals surface area (Å²) in [4.78, 5) is 15.8. The second-order valence-electron chi connectivity index (χ2n) is 3.83. The van der Waals surface area contributed by atoms with E-state index in [-0.39, 0.29) is 5.97 Å². The number of carbonyl (C=O) groups excluding carboxylic acids is 1. The van der Waals surface area contributed by atoms with Crippen molar-refractivity contribution in [3.63, 3.8) is 0 Å². The van der Waals surface area contributed by atoms with Crippen LogP contribution in [0.25, 0.3) is 0 Å². The molecule has 2 aromatic rings. The van der Waals surface area contributed by atoms with E-state index in [1.54, 1.807) is 24.4 Å². The Kier molecular flexibility index (Phi) is 3.19. The Bertz CT molecular complexity index is 535. The van der Waals surface area contributed by atoms with Crippen molar-refractivity contribution in [3.05, 3.63) is 59.4 Å². The molecule has 3 nitrogen and oxygen atoms in total. The maximum absolute atomic E-state index is 11.9. The van der Waals surface area contributed by atoms with Gasteiger partial charge in [-0.25, -0.2) is 4.79 Å². The van der Waals surface area contributed by atoms with Crippen LogP contribution in [-0.2, 0) is 0 Å². The molecule has 0 bridgehead atoms. The van der Waals surface area contributed by atoms with Gasteiger partial charge < -0.3 is 4.74 Å². The highest BCUT2D eigenvalue weighted by Gasteiger charge is 2.12. The number of aromatic nitrogens is 1. The SMILES string of the molecule is Cc1cccc(C(=O)Oc2cccnc2)c1C. The van der Waals surface area contributed by atoms with Crippen molar-refractivity contribution in [2.24, 2.45) is 0 Å². The number of pyridine rings is 1. The molecule has 3 heteroatoms. The minimum absolute atomic E-state index is 0.348. The highest BCUT2D eigenvalue weighted by atomic mass is 16.5. The number of benzene rings is 1.